The van der Waals surface area contributed by atoms with E-state index in [9.17, 15) is 4.39 Å². The predicted molar refractivity (Wildman–Crippen MR) is 99.6 cm³/mol. The summed E-state index contributed by atoms with van der Waals surface area (Å²) in [4.78, 5) is 5.26. The number of methoxy groups -OCH3 is 1. The Morgan fingerprint density at radius 3 is 2.68 bits per heavy atom. The van der Waals surface area contributed by atoms with Crippen molar-refractivity contribution in [1.29, 1.82) is 0 Å². The fourth-order valence-electron chi connectivity index (χ4n) is 2.69. The monoisotopic (exact) mass is 356 g/mol. The zero-order chi connectivity index (χ0) is 17.5. The lowest BCUT2D eigenvalue weighted by molar-refractivity contribution is 0.404. The molecule has 0 saturated heterocycles. The molecule has 1 aromatic heterocycles. The minimum Gasteiger partial charge on any atom is -0.496 e. The number of para-hydroxylation sites is 1. The first kappa shape index (κ1) is 17.5. The summed E-state index contributed by atoms with van der Waals surface area (Å²) in [6, 6.07) is 14.8. The third kappa shape index (κ3) is 5.10. The van der Waals surface area contributed by atoms with Crippen LogP contribution in [0.5, 0.6) is 5.75 Å². The van der Waals surface area contributed by atoms with Gasteiger partial charge in [0.1, 0.15) is 11.6 Å². The maximum Gasteiger partial charge on any atom is 0.132 e. The molecule has 0 bridgehead atoms. The zero-order valence-electron chi connectivity index (χ0n) is 14.1. The normalized spacial score (nSPS) is 12.1. The molecule has 0 aliphatic rings. The highest BCUT2D eigenvalue weighted by Crippen LogP contribution is 2.34. The number of imidazole rings is 1. The summed E-state index contributed by atoms with van der Waals surface area (Å²) in [5, 5.41) is 0.357. The van der Waals surface area contributed by atoms with Crippen LogP contribution >= 0.6 is 11.8 Å². The Morgan fingerprint density at radius 2 is 1.96 bits per heavy atom. The van der Waals surface area contributed by atoms with Crippen molar-refractivity contribution < 1.29 is 9.13 Å². The van der Waals surface area contributed by atoms with Gasteiger partial charge in [-0.05, 0) is 42.7 Å². The van der Waals surface area contributed by atoms with E-state index in [0.29, 0.717) is 5.25 Å². The smallest absolute Gasteiger partial charge is 0.132 e. The highest BCUT2D eigenvalue weighted by Gasteiger charge is 2.14. The van der Waals surface area contributed by atoms with Crippen molar-refractivity contribution in [3.8, 4) is 5.75 Å². The average molecular weight is 356 g/mol. The van der Waals surface area contributed by atoms with Crippen LogP contribution < -0.4 is 4.74 Å². The molecule has 0 spiro atoms. The molecule has 2 aromatic carbocycles. The molecule has 0 amide bonds. The second kappa shape index (κ2) is 8.72. The van der Waals surface area contributed by atoms with E-state index in [2.05, 4.69) is 15.6 Å². The lowest BCUT2D eigenvalue weighted by Crippen LogP contribution is -2.13. The summed E-state index contributed by atoms with van der Waals surface area (Å²) in [5.41, 5.74) is 1.15. The highest BCUT2D eigenvalue weighted by molar-refractivity contribution is 8.00. The number of hydrogen-bond donors (Lipinski definition) is 0. The Morgan fingerprint density at radius 1 is 1.16 bits per heavy atom. The van der Waals surface area contributed by atoms with E-state index in [0.717, 1.165) is 35.6 Å². The van der Waals surface area contributed by atoms with Crippen LogP contribution in [-0.4, -0.2) is 21.9 Å². The largest absolute Gasteiger partial charge is 0.496 e. The SMILES string of the molecule is COc1ccccc1SC(CCc1ccc(F)cc1)Cn1ccnc1. The second-order valence-corrected chi connectivity index (χ2v) is 7.16. The molecule has 1 atom stereocenters. The molecular weight excluding hydrogens is 335 g/mol. The van der Waals surface area contributed by atoms with E-state index in [1.807, 2.05) is 54.6 Å². The van der Waals surface area contributed by atoms with Crippen LogP contribution in [-0.2, 0) is 13.0 Å². The van der Waals surface area contributed by atoms with Crippen LogP contribution in [0.25, 0.3) is 0 Å². The van der Waals surface area contributed by atoms with Crippen molar-refractivity contribution in [3.05, 3.63) is 78.6 Å². The minimum atomic E-state index is -0.192. The first-order valence-corrected chi connectivity index (χ1v) is 9.12. The summed E-state index contributed by atoms with van der Waals surface area (Å²) < 4.78 is 20.7. The van der Waals surface area contributed by atoms with Crippen molar-refractivity contribution in [3.63, 3.8) is 0 Å². The van der Waals surface area contributed by atoms with Gasteiger partial charge in [-0.25, -0.2) is 9.37 Å². The van der Waals surface area contributed by atoms with Gasteiger partial charge >= 0.3 is 0 Å². The summed E-state index contributed by atoms with van der Waals surface area (Å²) in [5.74, 6) is 0.701. The van der Waals surface area contributed by atoms with Crippen molar-refractivity contribution in [1.82, 2.24) is 9.55 Å². The van der Waals surface area contributed by atoms with E-state index in [4.69, 9.17) is 4.74 Å². The van der Waals surface area contributed by atoms with E-state index in [-0.39, 0.29) is 5.82 Å². The van der Waals surface area contributed by atoms with Gasteiger partial charge in [0.2, 0.25) is 0 Å². The first-order chi connectivity index (χ1) is 12.2. The molecular formula is C20H21FN2OS. The van der Waals surface area contributed by atoms with Crippen molar-refractivity contribution in [2.75, 3.05) is 7.11 Å². The number of aromatic nitrogens is 2. The maximum absolute atomic E-state index is 13.1. The van der Waals surface area contributed by atoms with Crippen LogP contribution in [0.1, 0.15) is 12.0 Å². The van der Waals surface area contributed by atoms with E-state index >= 15 is 0 Å². The molecule has 25 heavy (non-hydrogen) atoms. The minimum absolute atomic E-state index is 0.192. The third-order valence-electron chi connectivity index (χ3n) is 4.00. The van der Waals surface area contributed by atoms with Crippen molar-refractivity contribution in [2.24, 2.45) is 0 Å². The van der Waals surface area contributed by atoms with Crippen LogP contribution in [0.15, 0.2) is 72.1 Å². The Balaban J connectivity index is 1.71. The first-order valence-electron chi connectivity index (χ1n) is 8.24. The van der Waals surface area contributed by atoms with Crippen LogP contribution in [0.3, 0.4) is 0 Å². The molecule has 3 aromatic rings. The summed E-state index contributed by atoms with van der Waals surface area (Å²) in [6.45, 7) is 0.865. The molecule has 0 radical (unpaired) electrons. The number of nitrogens with zero attached hydrogens (tertiary/aromatic N) is 2. The molecule has 1 unspecified atom stereocenters. The standard InChI is InChI=1S/C20H21FN2OS/c1-24-19-4-2-3-5-20(19)25-18(14-23-13-12-22-15-23)11-8-16-6-9-17(21)10-7-16/h2-7,9-10,12-13,15,18H,8,11,14H2,1H3. The van der Waals surface area contributed by atoms with Gasteiger partial charge in [-0.3, -0.25) is 0 Å². The predicted octanol–water partition coefficient (Wildman–Crippen LogP) is 4.82. The van der Waals surface area contributed by atoms with Gasteiger partial charge < -0.3 is 9.30 Å². The van der Waals surface area contributed by atoms with Gasteiger partial charge in [-0.15, -0.1) is 11.8 Å². The van der Waals surface area contributed by atoms with Gasteiger partial charge in [0.25, 0.3) is 0 Å². The summed E-state index contributed by atoms with van der Waals surface area (Å²) in [6.07, 6.45) is 7.50. The van der Waals surface area contributed by atoms with Gasteiger partial charge in [0, 0.05) is 29.1 Å². The maximum atomic E-state index is 13.1. The molecule has 5 heteroatoms. The molecule has 3 nitrogen and oxygen atoms in total. The number of thioether (sulfide) groups is 1. The van der Waals surface area contributed by atoms with Gasteiger partial charge in [-0.2, -0.15) is 0 Å². The quantitative estimate of drug-likeness (QED) is 0.541. The number of benzene rings is 2. The lowest BCUT2D eigenvalue weighted by atomic mass is 10.1. The van der Waals surface area contributed by atoms with Crippen molar-refractivity contribution in [2.45, 2.75) is 29.5 Å². The van der Waals surface area contributed by atoms with Crippen LogP contribution in [0, 0.1) is 5.82 Å². The van der Waals surface area contributed by atoms with E-state index in [1.165, 1.54) is 12.1 Å². The number of hydrogen-bond acceptors (Lipinski definition) is 3. The molecule has 0 N–H and O–H groups in total. The molecule has 0 aliphatic heterocycles. The molecule has 0 fully saturated rings. The third-order valence-corrected chi connectivity index (χ3v) is 5.31. The second-order valence-electron chi connectivity index (χ2n) is 5.82. The van der Waals surface area contributed by atoms with Crippen LogP contribution in [0.4, 0.5) is 4.39 Å². The Bertz CT molecular complexity index is 775. The van der Waals surface area contributed by atoms with Gasteiger partial charge in [0.05, 0.1) is 13.4 Å². The van der Waals surface area contributed by atoms with Gasteiger partial charge in [-0.1, -0.05) is 24.3 Å². The Kier molecular flexibility index (Phi) is 6.12. The molecule has 0 saturated carbocycles. The fraction of sp³-hybridized carbons (Fsp3) is 0.250. The number of rotatable bonds is 8. The van der Waals surface area contributed by atoms with Gasteiger partial charge in [0.15, 0.2) is 0 Å². The Labute approximate surface area is 151 Å². The van der Waals surface area contributed by atoms with Crippen molar-refractivity contribution >= 4 is 11.8 Å². The summed E-state index contributed by atoms with van der Waals surface area (Å²) in [7, 11) is 1.70. The Hall–Kier alpha value is -2.27. The number of aryl methyl sites for hydroxylation is 1. The average Bonchev–Trinajstić information content (AvgIpc) is 3.14. The lowest BCUT2D eigenvalue weighted by Gasteiger charge is -2.18. The number of ether oxygens (including phenoxy) is 1. The zero-order valence-corrected chi connectivity index (χ0v) is 15.0. The number of halogens is 1. The van der Waals surface area contributed by atoms with Crippen LogP contribution in [0.2, 0.25) is 0 Å². The molecule has 130 valence electrons. The topological polar surface area (TPSA) is 27.1 Å². The summed E-state index contributed by atoms with van der Waals surface area (Å²) >= 11 is 1.81. The van der Waals surface area contributed by atoms with E-state index in [1.54, 1.807) is 13.3 Å². The fourth-order valence-corrected chi connectivity index (χ4v) is 3.96. The molecule has 3 rings (SSSR count). The van der Waals surface area contributed by atoms with E-state index < -0.39 is 0 Å². The highest BCUT2D eigenvalue weighted by atomic mass is 32.2. The molecule has 0 aliphatic carbocycles. The molecule has 1 heterocycles.